The van der Waals surface area contributed by atoms with E-state index in [1.54, 1.807) is 19.1 Å². The Bertz CT molecular complexity index is 636. The third-order valence-electron chi connectivity index (χ3n) is 3.96. The second kappa shape index (κ2) is 8.94. The standard InChI is InChI=1S/C20H29NO5/c1-20(2,3)26-19(22)21-12-6-7-16(21)10-8-15-9-11-17(25-14-23-4)18(13-15)24-5/h8-11,13,16H,6-7,12,14H2,1-5H3/b10-8+/t16-/m1/s1. The van der Waals surface area contributed by atoms with Crippen molar-refractivity contribution in [3.05, 3.63) is 29.8 Å². The molecule has 1 aliphatic heterocycles. The van der Waals surface area contributed by atoms with Crippen LogP contribution in [0.1, 0.15) is 39.2 Å². The maximum Gasteiger partial charge on any atom is 0.410 e. The third-order valence-corrected chi connectivity index (χ3v) is 3.96. The van der Waals surface area contributed by atoms with Gasteiger partial charge >= 0.3 is 6.09 Å². The Morgan fingerprint density at radius 1 is 1.27 bits per heavy atom. The minimum absolute atomic E-state index is 0.0419. The molecule has 1 aliphatic rings. The lowest BCUT2D eigenvalue weighted by Gasteiger charge is -2.27. The van der Waals surface area contributed by atoms with Gasteiger partial charge in [0, 0.05) is 13.7 Å². The van der Waals surface area contributed by atoms with Crippen LogP contribution in [0, 0.1) is 0 Å². The minimum atomic E-state index is -0.487. The van der Waals surface area contributed by atoms with Crippen LogP contribution in [0.25, 0.3) is 6.08 Å². The minimum Gasteiger partial charge on any atom is -0.493 e. The van der Waals surface area contributed by atoms with Crippen LogP contribution in [0.4, 0.5) is 4.79 Å². The van der Waals surface area contributed by atoms with Crippen LogP contribution in [0.5, 0.6) is 11.5 Å². The number of amides is 1. The average Bonchev–Trinajstić information content (AvgIpc) is 3.05. The first-order valence-electron chi connectivity index (χ1n) is 8.81. The van der Waals surface area contributed by atoms with E-state index in [2.05, 4.69) is 0 Å². The van der Waals surface area contributed by atoms with Gasteiger partial charge in [-0.2, -0.15) is 0 Å². The van der Waals surface area contributed by atoms with Gasteiger partial charge in [0.2, 0.25) is 0 Å². The first-order chi connectivity index (χ1) is 12.3. The quantitative estimate of drug-likeness (QED) is 0.713. The molecule has 0 unspecified atom stereocenters. The van der Waals surface area contributed by atoms with Gasteiger partial charge in [0.15, 0.2) is 18.3 Å². The first kappa shape index (κ1) is 20.1. The second-order valence-electron chi connectivity index (χ2n) is 7.20. The number of benzene rings is 1. The summed E-state index contributed by atoms with van der Waals surface area (Å²) < 4.78 is 21.3. The molecule has 0 bridgehead atoms. The van der Waals surface area contributed by atoms with Crippen LogP contribution in [0.3, 0.4) is 0 Å². The molecule has 1 aromatic carbocycles. The smallest absolute Gasteiger partial charge is 0.410 e. The van der Waals surface area contributed by atoms with E-state index >= 15 is 0 Å². The Kier molecular flexibility index (Phi) is 6.91. The molecule has 1 fully saturated rings. The molecule has 1 saturated heterocycles. The number of hydrogen-bond donors (Lipinski definition) is 0. The summed E-state index contributed by atoms with van der Waals surface area (Å²) in [5, 5.41) is 0. The van der Waals surface area contributed by atoms with Gasteiger partial charge in [-0.05, 0) is 51.3 Å². The van der Waals surface area contributed by atoms with Crippen molar-refractivity contribution in [2.45, 2.75) is 45.3 Å². The van der Waals surface area contributed by atoms with Gasteiger partial charge in [-0.25, -0.2) is 4.79 Å². The summed E-state index contributed by atoms with van der Waals surface area (Å²) in [5.41, 5.74) is 0.488. The molecule has 0 spiro atoms. The Morgan fingerprint density at radius 3 is 2.69 bits per heavy atom. The number of ether oxygens (including phenoxy) is 4. The van der Waals surface area contributed by atoms with Gasteiger partial charge in [-0.3, -0.25) is 0 Å². The van der Waals surface area contributed by atoms with Gasteiger partial charge in [-0.1, -0.05) is 18.2 Å². The molecule has 1 aromatic rings. The molecule has 0 N–H and O–H groups in total. The molecule has 26 heavy (non-hydrogen) atoms. The van der Waals surface area contributed by atoms with E-state index < -0.39 is 5.60 Å². The molecule has 1 heterocycles. The van der Waals surface area contributed by atoms with Crippen LogP contribution in [-0.2, 0) is 9.47 Å². The van der Waals surface area contributed by atoms with Gasteiger partial charge in [0.1, 0.15) is 5.60 Å². The Labute approximate surface area is 155 Å². The largest absolute Gasteiger partial charge is 0.493 e. The SMILES string of the molecule is COCOc1ccc(/C=C/[C@H]2CCCN2C(=O)OC(C)(C)C)cc1OC. The summed E-state index contributed by atoms with van der Waals surface area (Å²) in [4.78, 5) is 14.1. The van der Waals surface area contributed by atoms with Crippen molar-refractivity contribution in [1.82, 2.24) is 4.90 Å². The van der Waals surface area contributed by atoms with E-state index in [0.717, 1.165) is 24.9 Å². The summed E-state index contributed by atoms with van der Waals surface area (Å²) in [6.07, 6.45) is 5.69. The molecule has 6 heteroatoms. The summed E-state index contributed by atoms with van der Waals surface area (Å²) in [7, 11) is 3.17. The molecule has 0 radical (unpaired) electrons. The van der Waals surface area contributed by atoms with E-state index in [1.165, 1.54) is 0 Å². The molecular weight excluding hydrogens is 334 g/mol. The van der Waals surface area contributed by atoms with Crippen molar-refractivity contribution in [3.8, 4) is 11.5 Å². The predicted octanol–water partition coefficient (Wildman–Crippen LogP) is 4.09. The van der Waals surface area contributed by atoms with Gasteiger partial charge in [0.05, 0.1) is 13.2 Å². The van der Waals surface area contributed by atoms with Crippen LogP contribution in [0.2, 0.25) is 0 Å². The van der Waals surface area contributed by atoms with Crippen molar-refractivity contribution in [2.75, 3.05) is 27.6 Å². The zero-order valence-electron chi connectivity index (χ0n) is 16.3. The molecule has 144 valence electrons. The zero-order valence-corrected chi connectivity index (χ0v) is 16.3. The Hall–Kier alpha value is -2.21. The van der Waals surface area contributed by atoms with Crippen molar-refractivity contribution in [2.24, 2.45) is 0 Å². The van der Waals surface area contributed by atoms with Gasteiger partial charge in [-0.15, -0.1) is 0 Å². The lowest BCUT2D eigenvalue weighted by Crippen LogP contribution is -2.39. The molecular formula is C20H29NO5. The van der Waals surface area contributed by atoms with Crippen LogP contribution in [0.15, 0.2) is 24.3 Å². The molecule has 1 amide bonds. The Morgan fingerprint density at radius 2 is 2.04 bits per heavy atom. The number of rotatable bonds is 6. The van der Waals surface area contributed by atoms with E-state index in [9.17, 15) is 4.79 Å². The highest BCUT2D eigenvalue weighted by Gasteiger charge is 2.30. The topological polar surface area (TPSA) is 57.2 Å². The molecule has 6 nitrogen and oxygen atoms in total. The third kappa shape index (κ3) is 5.66. The molecule has 0 saturated carbocycles. The van der Waals surface area contributed by atoms with E-state index in [1.807, 2.05) is 51.1 Å². The summed E-state index contributed by atoms with van der Waals surface area (Å²) in [5.74, 6) is 1.27. The normalized spacial score (nSPS) is 17.6. The number of likely N-dealkylation sites (tertiary alicyclic amines) is 1. The molecule has 2 rings (SSSR count). The number of nitrogens with zero attached hydrogens (tertiary/aromatic N) is 1. The average molecular weight is 363 g/mol. The summed E-state index contributed by atoms with van der Waals surface area (Å²) in [6, 6.07) is 5.73. The lowest BCUT2D eigenvalue weighted by atomic mass is 10.1. The number of methoxy groups -OCH3 is 2. The van der Waals surface area contributed by atoms with Gasteiger partial charge < -0.3 is 23.8 Å². The fourth-order valence-corrected chi connectivity index (χ4v) is 2.79. The second-order valence-corrected chi connectivity index (χ2v) is 7.20. The lowest BCUT2D eigenvalue weighted by molar-refractivity contribution is 0.0256. The number of hydrogen-bond acceptors (Lipinski definition) is 5. The van der Waals surface area contributed by atoms with Crippen LogP contribution >= 0.6 is 0 Å². The monoisotopic (exact) mass is 363 g/mol. The van der Waals surface area contributed by atoms with Crippen molar-refractivity contribution in [1.29, 1.82) is 0 Å². The Balaban J connectivity index is 2.07. The molecule has 1 atom stereocenters. The predicted molar refractivity (Wildman–Crippen MR) is 100 cm³/mol. The summed E-state index contributed by atoms with van der Waals surface area (Å²) in [6.45, 7) is 6.53. The molecule has 0 aliphatic carbocycles. The highest BCUT2D eigenvalue weighted by molar-refractivity contribution is 5.69. The van der Waals surface area contributed by atoms with Crippen LogP contribution in [-0.4, -0.2) is 50.2 Å². The fourth-order valence-electron chi connectivity index (χ4n) is 2.79. The summed E-state index contributed by atoms with van der Waals surface area (Å²) >= 11 is 0. The molecule has 0 aromatic heterocycles. The fraction of sp³-hybridized carbons (Fsp3) is 0.550. The highest BCUT2D eigenvalue weighted by Crippen LogP contribution is 2.29. The van der Waals surface area contributed by atoms with E-state index in [-0.39, 0.29) is 18.9 Å². The first-order valence-corrected chi connectivity index (χ1v) is 8.81. The maximum absolute atomic E-state index is 12.3. The van der Waals surface area contributed by atoms with Crippen molar-refractivity contribution >= 4 is 12.2 Å². The van der Waals surface area contributed by atoms with Gasteiger partial charge in [0.25, 0.3) is 0 Å². The highest BCUT2D eigenvalue weighted by atomic mass is 16.7. The van der Waals surface area contributed by atoms with E-state index in [4.69, 9.17) is 18.9 Å². The van der Waals surface area contributed by atoms with Crippen molar-refractivity contribution < 1.29 is 23.7 Å². The van der Waals surface area contributed by atoms with Crippen molar-refractivity contribution in [3.63, 3.8) is 0 Å². The zero-order chi connectivity index (χ0) is 19.2. The number of carbonyl (C=O) groups is 1. The maximum atomic E-state index is 12.3. The number of carbonyl (C=O) groups excluding carboxylic acids is 1. The van der Waals surface area contributed by atoms with E-state index in [0.29, 0.717) is 11.5 Å². The van der Waals surface area contributed by atoms with Crippen LogP contribution < -0.4 is 9.47 Å².